The third-order valence-corrected chi connectivity index (χ3v) is 3.09. The number of nitrogens with zero attached hydrogens (tertiary/aromatic N) is 3. The van der Waals surface area contributed by atoms with Gasteiger partial charge in [0, 0.05) is 11.6 Å². The zero-order valence-corrected chi connectivity index (χ0v) is 12.2. The SMILES string of the molecule is COc1ccc(/C=N\N=C2C=NNC(=O)C2Cl)c(OC)c1. The van der Waals surface area contributed by atoms with E-state index in [1.807, 2.05) is 0 Å². The highest BCUT2D eigenvalue weighted by molar-refractivity contribution is 6.54. The van der Waals surface area contributed by atoms with E-state index in [1.165, 1.54) is 12.4 Å². The zero-order chi connectivity index (χ0) is 15.2. The van der Waals surface area contributed by atoms with Crippen LogP contribution in [0.5, 0.6) is 11.5 Å². The highest BCUT2D eigenvalue weighted by Crippen LogP contribution is 2.23. The molecule has 1 unspecified atom stereocenters. The number of rotatable bonds is 4. The second-order valence-electron chi connectivity index (χ2n) is 3.97. The molecular formula is C13H13ClN4O3. The van der Waals surface area contributed by atoms with Crippen molar-refractivity contribution in [3.63, 3.8) is 0 Å². The van der Waals surface area contributed by atoms with Crippen LogP contribution in [0.25, 0.3) is 0 Å². The summed E-state index contributed by atoms with van der Waals surface area (Å²) in [5, 5.41) is 10.5. The fourth-order valence-electron chi connectivity index (χ4n) is 1.58. The summed E-state index contributed by atoms with van der Waals surface area (Å²) in [6, 6.07) is 5.28. The molecule has 0 aromatic heterocycles. The number of hydrogen-bond donors (Lipinski definition) is 1. The minimum atomic E-state index is -0.905. The molecule has 0 fully saturated rings. The van der Waals surface area contributed by atoms with Crippen molar-refractivity contribution in [1.29, 1.82) is 0 Å². The predicted octanol–water partition coefficient (Wildman–Crippen LogP) is 1.20. The maximum absolute atomic E-state index is 11.3. The van der Waals surface area contributed by atoms with Gasteiger partial charge in [-0.1, -0.05) is 0 Å². The molecule has 0 saturated carbocycles. The number of benzene rings is 1. The molecule has 2 rings (SSSR count). The van der Waals surface area contributed by atoms with Gasteiger partial charge in [0.25, 0.3) is 5.91 Å². The Balaban J connectivity index is 2.20. The van der Waals surface area contributed by atoms with E-state index in [0.717, 1.165) is 0 Å². The molecule has 1 N–H and O–H groups in total. The van der Waals surface area contributed by atoms with Crippen LogP contribution in [0.2, 0.25) is 0 Å². The lowest BCUT2D eigenvalue weighted by molar-refractivity contribution is -0.119. The molecule has 1 amide bonds. The number of ether oxygens (including phenoxy) is 2. The van der Waals surface area contributed by atoms with Crippen LogP contribution in [0, 0.1) is 0 Å². The van der Waals surface area contributed by atoms with Crippen LogP contribution in [0.4, 0.5) is 0 Å². The average Bonchev–Trinajstić information content (AvgIpc) is 2.51. The summed E-state index contributed by atoms with van der Waals surface area (Å²) in [6.07, 6.45) is 2.84. The number of carbonyl (C=O) groups is 1. The maximum Gasteiger partial charge on any atom is 0.264 e. The first kappa shape index (κ1) is 15.0. The third-order valence-electron chi connectivity index (χ3n) is 2.67. The quantitative estimate of drug-likeness (QED) is 0.515. The molecule has 1 atom stereocenters. The van der Waals surface area contributed by atoms with Gasteiger partial charge in [0.15, 0.2) is 5.38 Å². The van der Waals surface area contributed by atoms with E-state index in [-0.39, 0.29) is 5.71 Å². The molecule has 0 saturated heterocycles. The standard InChI is InChI=1S/C13H13ClN4O3/c1-20-9-4-3-8(11(5-9)21-2)6-15-17-10-7-16-18-13(19)12(10)14/h3-7,12H,1-2H3,(H,18,19)/b15-6-,17-10?. The summed E-state index contributed by atoms with van der Waals surface area (Å²) in [5.41, 5.74) is 3.21. The minimum absolute atomic E-state index is 0.268. The summed E-state index contributed by atoms with van der Waals surface area (Å²) in [5.74, 6) is 0.832. The van der Waals surface area contributed by atoms with Gasteiger partial charge < -0.3 is 9.47 Å². The minimum Gasteiger partial charge on any atom is -0.497 e. The Bertz CT molecular complexity index is 628. The van der Waals surface area contributed by atoms with Crippen LogP contribution in [0.1, 0.15) is 5.56 Å². The first-order valence-electron chi connectivity index (χ1n) is 5.95. The van der Waals surface area contributed by atoms with Gasteiger partial charge in [0.2, 0.25) is 0 Å². The van der Waals surface area contributed by atoms with Gasteiger partial charge in [-0.2, -0.15) is 15.3 Å². The summed E-state index contributed by atoms with van der Waals surface area (Å²) in [4.78, 5) is 11.3. The molecule has 0 radical (unpaired) electrons. The van der Waals surface area contributed by atoms with E-state index in [4.69, 9.17) is 21.1 Å². The lowest BCUT2D eigenvalue weighted by atomic mass is 10.2. The number of methoxy groups -OCH3 is 2. The van der Waals surface area contributed by atoms with Crippen LogP contribution >= 0.6 is 11.6 Å². The van der Waals surface area contributed by atoms with E-state index >= 15 is 0 Å². The Labute approximate surface area is 126 Å². The number of carbonyl (C=O) groups excluding carboxylic acids is 1. The molecule has 0 bridgehead atoms. The van der Waals surface area contributed by atoms with Crippen LogP contribution in [0.15, 0.2) is 33.5 Å². The Morgan fingerprint density at radius 1 is 1.38 bits per heavy atom. The number of amides is 1. The highest BCUT2D eigenvalue weighted by Gasteiger charge is 2.23. The van der Waals surface area contributed by atoms with Crippen molar-refractivity contribution in [3.05, 3.63) is 23.8 Å². The number of halogens is 1. The molecule has 1 aliphatic rings. The molecule has 7 nitrogen and oxygen atoms in total. The Kier molecular flexibility index (Phi) is 4.89. The summed E-state index contributed by atoms with van der Waals surface area (Å²) in [6.45, 7) is 0. The molecule has 8 heteroatoms. The van der Waals surface area contributed by atoms with Gasteiger partial charge in [-0.05, 0) is 12.1 Å². The fraction of sp³-hybridized carbons (Fsp3) is 0.231. The zero-order valence-electron chi connectivity index (χ0n) is 11.4. The topological polar surface area (TPSA) is 84.6 Å². The van der Waals surface area contributed by atoms with Gasteiger partial charge >= 0.3 is 0 Å². The summed E-state index contributed by atoms with van der Waals surface area (Å²) >= 11 is 5.86. The molecule has 1 aromatic rings. The van der Waals surface area contributed by atoms with Crippen molar-refractivity contribution in [1.82, 2.24) is 5.43 Å². The Morgan fingerprint density at radius 2 is 2.19 bits per heavy atom. The molecule has 0 aliphatic carbocycles. The predicted molar refractivity (Wildman–Crippen MR) is 80.9 cm³/mol. The number of hydrogen-bond acceptors (Lipinski definition) is 6. The maximum atomic E-state index is 11.3. The van der Waals surface area contributed by atoms with Crippen molar-refractivity contribution in [3.8, 4) is 11.5 Å². The molecule has 1 heterocycles. The largest absolute Gasteiger partial charge is 0.497 e. The summed E-state index contributed by atoms with van der Waals surface area (Å²) < 4.78 is 10.3. The first-order chi connectivity index (χ1) is 10.2. The number of nitrogens with one attached hydrogen (secondary N) is 1. The summed E-state index contributed by atoms with van der Waals surface area (Å²) in [7, 11) is 3.12. The first-order valence-corrected chi connectivity index (χ1v) is 6.39. The molecule has 1 aliphatic heterocycles. The van der Waals surface area contributed by atoms with Crippen LogP contribution in [0.3, 0.4) is 0 Å². The smallest absolute Gasteiger partial charge is 0.264 e. The second kappa shape index (κ2) is 6.85. The number of alkyl halides is 1. The molecular weight excluding hydrogens is 296 g/mol. The van der Waals surface area contributed by atoms with E-state index in [1.54, 1.807) is 32.4 Å². The lowest BCUT2D eigenvalue weighted by Gasteiger charge is -2.10. The highest BCUT2D eigenvalue weighted by atomic mass is 35.5. The van der Waals surface area contributed by atoms with Crippen molar-refractivity contribution in [2.45, 2.75) is 5.38 Å². The molecule has 0 spiro atoms. The molecule has 1 aromatic carbocycles. The fourth-order valence-corrected chi connectivity index (χ4v) is 1.73. The Morgan fingerprint density at radius 3 is 2.90 bits per heavy atom. The van der Waals surface area contributed by atoms with E-state index < -0.39 is 11.3 Å². The van der Waals surface area contributed by atoms with Gasteiger partial charge in [-0.3, -0.25) is 4.79 Å². The average molecular weight is 309 g/mol. The monoisotopic (exact) mass is 308 g/mol. The van der Waals surface area contributed by atoms with Crippen molar-refractivity contribution < 1.29 is 14.3 Å². The Hall–Kier alpha value is -2.41. The van der Waals surface area contributed by atoms with Gasteiger partial charge in [-0.25, -0.2) is 5.43 Å². The van der Waals surface area contributed by atoms with E-state index in [0.29, 0.717) is 17.1 Å². The van der Waals surface area contributed by atoms with Gasteiger partial charge in [0.1, 0.15) is 17.2 Å². The van der Waals surface area contributed by atoms with Crippen molar-refractivity contribution in [2.24, 2.45) is 15.3 Å². The van der Waals surface area contributed by atoms with Crippen molar-refractivity contribution >= 4 is 35.6 Å². The molecule has 110 valence electrons. The van der Waals surface area contributed by atoms with E-state index in [9.17, 15) is 4.79 Å². The third kappa shape index (κ3) is 3.57. The van der Waals surface area contributed by atoms with E-state index in [2.05, 4.69) is 20.7 Å². The van der Waals surface area contributed by atoms with Crippen LogP contribution < -0.4 is 14.9 Å². The number of hydrazone groups is 1. The van der Waals surface area contributed by atoms with Gasteiger partial charge in [-0.15, -0.1) is 11.6 Å². The van der Waals surface area contributed by atoms with Crippen LogP contribution in [-0.2, 0) is 4.79 Å². The normalized spacial score (nSPS) is 19.9. The second-order valence-corrected chi connectivity index (χ2v) is 4.41. The van der Waals surface area contributed by atoms with Crippen LogP contribution in [-0.4, -0.2) is 43.6 Å². The van der Waals surface area contributed by atoms with Gasteiger partial charge in [0.05, 0.1) is 26.6 Å². The van der Waals surface area contributed by atoms with Crippen molar-refractivity contribution in [2.75, 3.05) is 14.2 Å². The lowest BCUT2D eigenvalue weighted by Crippen LogP contribution is -2.38. The molecule has 21 heavy (non-hydrogen) atoms.